The third-order valence-corrected chi connectivity index (χ3v) is 7.22. The van der Waals surface area contributed by atoms with Gasteiger partial charge in [-0.15, -0.1) is 0 Å². The first-order valence-electron chi connectivity index (χ1n) is 10.3. The molecule has 0 aromatic heterocycles. The lowest BCUT2D eigenvalue weighted by atomic mass is 9.87. The molecule has 0 bridgehead atoms. The third kappa shape index (κ3) is 5.34. The number of nitrogens with zero attached hydrogens (tertiary/aromatic N) is 1. The Bertz CT molecular complexity index is 1090. The number of amides is 1. The largest absolute Gasteiger partial charge is 0.454 e. The highest BCUT2D eigenvalue weighted by Crippen LogP contribution is 2.28. The second-order valence-corrected chi connectivity index (χ2v) is 10.5. The van der Waals surface area contributed by atoms with Crippen molar-refractivity contribution in [2.75, 3.05) is 18.5 Å². The molecule has 1 fully saturated rings. The number of carbonyl (C=O) groups excluding carboxylic acids is 2. The molecule has 172 valence electrons. The number of benzene rings is 2. The first kappa shape index (κ1) is 23.9. The van der Waals surface area contributed by atoms with Gasteiger partial charge < -0.3 is 10.1 Å². The van der Waals surface area contributed by atoms with E-state index in [1.165, 1.54) is 12.1 Å². The highest BCUT2D eigenvalue weighted by Gasteiger charge is 2.41. The summed E-state index contributed by atoms with van der Waals surface area (Å²) < 4.78 is 45.8. The number of carbonyl (C=O) groups is 2. The van der Waals surface area contributed by atoms with Crippen LogP contribution in [0.15, 0.2) is 53.4 Å². The maximum atomic E-state index is 14.0. The molecule has 1 aliphatic heterocycles. The van der Waals surface area contributed by atoms with E-state index >= 15 is 0 Å². The standard InChI is InChI=1S/C23H27FN2O5S/c1-23(2,3)16-10-12-17(13-11-16)25-21(27)15-31-22(28)19-8-6-14-26(19)32(29,30)20-9-5-4-7-18(20)24/h4-5,7,9-13,19H,6,8,14-15H2,1-3H3,(H,25,27). The number of halogens is 1. The Labute approximate surface area is 187 Å². The van der Waals surface area contributed by atoms with Crippen LogP contribution in [-0.2, 0) is 29.8 Å². The Morgan fingerprint density at radius 1 is 1.12 bits per heavy atom. The van der Waals surface area contributed by atoms with Gasteiger partial charge in [0.05, 0.1) is 0 Å². The zero-order valence-electron chi connectivity index (χ0n) is 18.3. The zero-order chi connectivity index (χ0) is 23.5. The van der Waals surface area contributed by atoms with E-state index in [0.29, 0.717) is 12.1 Å². The fraction of sp³-hybridized carbons (Fsp3) is 0.391. The van der Waals surface area contributed by atoms with Gasteiger partial charge in [-0.3, -0.25) is 9.59 Å². The molecule has 9 heteroatoms. The molecule has 1 unspecified atom stereocenters. The summed E-state index contributed by atoms with van der Waals surface area (Å²) in [6, 6.07) is 11.3. The van der Waals surface area contributed by atoms with E-state index in [4.69, 9.17) is 4.74 Å². The zero-order valence-corrected chi connectivity index (χ0v) is 19.1. The predicted octanol–water partition coefficient (Wildman–Crippen LogP) is 3.46. The van der Waals surface area contributed by atoms with Crippen molar-refractivity contribution in [1.82, 2.24) is 4.31 Å². The molecule has 7 nitrogen and oxygen atoms in total. The van der Waals surface area contributed by atoms with Gasteiger partial charge in [0.15, 0.2) is 6.61 Å². The van der Waals surface area contributed by atoms with Crippen LogP contribution in [0.4, 0.5) is 10.1 Å². The quantitative estimate of drug-likeness (QED) is 0.664. The van der Waals surface area contributed by atoms with Crippen molar-refractivity contribution in [1.29, 1.82) is 0 Å². The van der Waals surface area contributed by atoms with Crippen LogP contribution >= 0.6 is 0 Å². The number of anilines is 1. The van der Waals surface area contributed by atoms with Crippen LogP contribution < -0.4 is 5.32 Å². The van der Waals surface area contributed by atoms with E-state index in [1.807, 2.05) is 12.1 Å². The third-order valence-electron chi connectivity index (χ3n) is 5.28. The Morgan fingerprint density at radius 3 is 2.41 bits per heavy atom. The average molecular weight is 463 g/mol. The van der Waals surface area contributed by atoms with Crippen LogP contribution in [0.1, 0.15) is 39.2 Å². The van der Waals surface area contributed by atoms with Gasteiger partial charge in [0.1, 0.15) is 16.8 Å². The van der Waals surface area contributed by atoms with Crippen LogP contribution in [0.25, 0.3) is 0 Å². The summed E-state index contributed by atoms with van der Waals surface area (Å²) in [4.78, 5) is 24.2. The Kier molecular flexibility index (Phi) is 7.00. The van der Waals surface area contributed by atoms with Crippen LogP contribution in [0.5, 0.6) is 0 Å². The maximum Gasteiger partial charge on any atom is 0.324 e. The molecule has 1 heterocycles. The number of ether oxygens (including phenoxy) is 1. The smallest absolute Gasteiger partial charge is 0.324 e. The SMILES string of the molecule is CC(C)(C)c1ccc(NC(=O)COC(=O)C2CCCN2S(=O)(=O)c2ccccc2F)cc1. The molecule has 0 saturated carbocycles. The van der Waals surface area contributed by atoms with Crippen molar-refractivity contribution in [3.05, 3.63) is 59.9 Å². The highest BCUT2D eigenvalue weighted by atomic mass is 32.2. The second-order valence-electron chi connectivity index (χ2n) is 8.69. The summed E-state index contributed by atoms with van der Waals surface area (Å²) in [6.07, 6.45) is 0.669. The molecule has 1 N–H and O–H groups in total. The minimum absolute atomic E-state index is 0.0196. The van der Waals surface area contributed by atoms with Crippen molar-refractivity contribution in [3.63, 3.8) is 0 Å². The average Bonchev–Trinajstić information content (AvgIpc) is 3.23. The Hall–Kier alpha value is -2.78. The van der Waals surface area contributed by atoms with E-state index in [2.05, 4.69) is 26.1 Å². The van der Waals surface area contributed by atoms with Crippen LogP contribution in [-0.4, -0.2) is 43.8 Å². The van der Waals surface area contributed by atoms with E-state index in [-0.39, 0.29) is 18.4 Å². The van der Waals surface area contributed by atoms with E-state index in [9.17, 15) is 22.4 Å². The van der Waals surface area contributed by atoms with Crippen molar-refractivity contribution >= 4 is 27.6 Å². The predicted molar refractivity (Wildman–Crippen MR) is 118 cm³/mol. The van der Waals surface area contributed by atoms with Gasteiger partial charge in [-0.25, -0.2) is 12.8 Å². The van der Waals surface area contributed by atoms with Gasteiger partial charge >= 0.3 is 5.97 Å². The van der Waals surface area contributed by atoms with Crippen LogP contribution in [0, 0.1) is 5.82 Å². The molecule has 0 aliphatic carbocycles. The molecular formula is C23H27FN2O5S. The maximum absolute atomic E-state index is 14.0. The number of sulfonamides is 1. The van der Waals surface area contributed by atoms with Crippen molar-refractivity contribution < 1.29 is 27.1 Å². The van der Waals surface area contributed by atoms with Gasteiger partial charge in [0, 0.05) is 12.2 Å². The molecule has 1 amide bonds. The number of esters is 1. The van der Waals surface area contributed by atoms with Gasteiger partial charge in [0.2, 0.25) is 10.0 Å². The van der Waals surface area contributed by atoms with E-state index in [0.717, 1.165) is 22.0 Å². The normalized spacial score (nSPS) is 17.2. The second kappa shape index (κ2) is 9.38. The first-order chi connectivity index (χ1) is 15.0. The summed E-state index contributed by atoms with van der Waals surface area (Å²) >= 11 is 0. The fourth-order valence-electron chi connectivity index (χ4n) is 3.53. The summed E-state index contributed by atoms with van der Waals surface area (Å²) in [5.41, 5.74) is 1.65. The molecule has 3 rings (SSSR count). The van der Waals surface area contributed by atoms with E-state index in [1.54, 1.807) is 12.1 Å². The van der Waals surface area contributed by atoms with Crippen LogP contribution in [0.3, 0.4) is 0 Å². The minimum Gasteiger partial charge on any atom is -0.454 e. The molecule has 1 atom stereocenters. The fourth-order valence-corrected chi connectivity index (χ4v) is 5.24. The number of hydrogen-bond acceptors (Lipinski definition) is 5. The Balaban J connectivity index is 1.60. The Morgan fingerprint density at radius 2 is 1.78 bits per heavy atom. The van der Waals surface area contributed by atoms with Crippen LogP contribution in [0.2, 0.25) is 0 Å². The molecule has 0 radical (unpaired) electrons. The van der Waals surface area contributed by atoms with Gasteiger partial charge in [-0.1, -0.05) is 45.0 Å². The van der Waals surface area contributed by atoms with Crippen molar-refractivity contribution in [3.8, 4) is 0 Å². The molecule has 0 spiro atoms. The molecule has 2 aromatic rings. The molecular weight excluding hydrogens is 435 g/mol. The first-order valence-corrected chi connectivity index (χ1v) is 11.8. The number of rotatable bonds is 6. The summed E-state index contributed by atoms with van der Waals surface area (Å²) in [5.74, 6) is -2.26. The van der Waals surface area contributed by atoms with Gasteiger partial charge in [-0.2, -0.15) is 4.31 Å². The summed E-state index contributed by atoms with van der Waals surface area (Å²) in [7, 11) is -4.21. The van der Waals surface area contributed by atoms with E-state index < -0.39 is 45.3 Å². The lowest BCUT2D eigenvalue weighted by molar-refractivity contribution is -0.150. The van der Waals surface area contributed by atoms with Gasteiger partial charge in [-0.05, 0) is 48.1 Å². The number of nitrogens with one attached hydrogen (secondary N) is 1. The number of hydrogen-bond donors (Lipinski definition) is 1. The highest BCUT2D eigenvalue weighted by molar-refractivity contribution is 7.89. The lowest BCUT2D eigenvalue weighted by Crippen LogP contribution is -2.42. The summed E-state index contributed by atoms with van der Waals surface area (Å²) in [6.45, 7) is 5.77. The minimum atomic E-state index is -4.21. The topological polar surface area (TPSA) is 92.8 Å². The molecule has 2 aromatic carbocycles. The van der Waals surface area contributed by atoms with Crippen molar-refractivity contribution in [2.24, 2.45) is 0 Å². The monoisotopic (exact) mass is 462 g/mol. The summed E-state index contributed by atoms with van der Waals surface area (Å²) in [5, 5.41) is 2.64. The molecule has 1 saturated heterocycles. The van der Waals surface area contributed by atoms with Crippen molar-refractivity contribution in [2.45, 2.75) is 50.0 Å². The molecule has 32 heavy (non-hydrogen) atoms. The molecule has 1 aliphatic rings. The lowest BCUT2D eigenvalue weighted by Gasteiger charge is -2.23. The van der Waals surface area contributed by atoms with Gasteiger partial charge in [0.25, 0.3) is 5.91 Å².